The minimum absolute atomic E-state index is 0.673. The number of nitrogens with zero attached hydrogens (tertiary/aromatic N) is 1. The standard InChI is InChI=1S/C30H55NSi/c1-8-11-15-24-30(32(6,7)31(4)5)25-19-13-16-20-27(10-3)26-29(21-12-9-2)28-22-17-14-18-23-28/h9,12,14,17-18,22-23,27,29-30H,8,10-11,13,15-16,19-21,24-26H2,1-7H3/b12-9+. The lowest BCUT2D eigenvalue weighted by Crippen LogP contribution is -2.47. The van der Waals surface area contributed by atoms with Gasteiger partial charge in [0.05, 0.1) is 0 Å². The van der Waals surface area contributed by atoms with Crippen molar-refractivity contribution in [3.8, 4) is 0 Å². The van der Waals surface area contributed by atoms with Crippen molar-refractivity contribution in [1.82, 2.24) is 4.57 Å². The van der Waals surface area contributed by atoms with Crippen LogP contribution in [0.15, 0.2) is 42.5 Å². The summed E-state index contributed by atoms with van der Waals surface area (Å²) in [5.41, 5.74) is 2.48. The normalized spacial score (nSPS) is 15.4. The van der Waals surface area contributed by atoms with E-state index in [1.165, 1.54) is 82.6 Å². The van der Waals surface area contributed by atoms with E-state index in [-0.39, 0.29) is 0 Å². The van der Waals surface area contributed by atoms with Crippen LogP contribution in [0, 0.1) is 5.92 Å². The zero-order chi connectivity index (χ0) is 23.8. The van der Waals surface area contributed by atoms with E-state index >= 15 is 0 Å². The topological polar surface area (TPSA) is 3.24 Å². The van der Waals surface area contributed by atoms with Crippen molar-refractivity contribution in [3.63, 3.8) is 0 Å². The van der Waals surface area contributed by atoms with Gasteiger partial charge in [-0.1, -0.05) is 134 Å². The van der Waals surface area contributed by atoms with Crippen LogP contribution in [0.1, 0.15) is 109 Å². The van der Waals surface area contributed by atoms with E-state index in [9.17, 15) is 0 Å². The highest BCUT2D eigenvalue weighted by Gasteiger charge is 2.33. The zero-order valence-corrected chi connectivity index (χ0v) is 23.7. The number of benzene rings is 1. The maximum absolute atomic E-state index is 2.59. The number of hydrogen-bond acceptors (Lipinski definition) is 1. The molecule has 0 heterocycles. The van der Waals surface area contributed by atoms with Gasteiger partial charge in [0, 0.05) is 0 Å². The number of hydrogen-bond donors (Lipinski definition) is 0. The SMILES string of the molecule is C/C=C/CC(CC(CC)CCCCCC(CCCCC)[Si](C)(C)N(C)C)c1ccccc1. The maximum atomic E-state index is 2.59. The van der Waals surface area contributed by atoms with Gasteiger partial charge in [0.15, 0.2) is 0 Å². The Balaban J connectivity index is 2.52. The molecule has 3 unspecified atom stereocenters. The molecule has 0 amide bonds. The molecule has 0 aliphatic carbocycles. The minimum atomic E-state index is -1.29. The average molecular weight is 458 g/mol. The molecule has 0 saturated carbocycles. The van der Waals surface area contributed by atoms with Crippen molar-refractivity contribution < 1.29 is 0 Å². The smallest absolute Gasteiger partial charge is 0.124 e. The highest BCUT2D eigenvalue weighted by molar-refractivity contribution is 6.76. The minimum Gasteiger partial charge on any atom is -0.329 e. The average Bonchev–Trinajstić information content (AvgIpc) is 2.79. The molecule has 0 bridgehead atoms. The highest BCUT2D eigenvalue weighted by atomic mass is 28.3. The fraction of sp³-hybridized carbons (Fsp3) is 0.733. The molecule has 1 aromatic rings. The second-order valence-corrected chi connectivity index (χ2v) is 15.8. The molecule has 2 heteroatoms. The highest BCUT2D eigenvalue weighted by Crippen LogP contribution is 2.35. The molecule has 32 heavy (non-hydrogen) atoms. The van der Waals surface area contributed by atoms with Gasteiger partial charge < -0.3 is 4.57 Å². The lowest BCUT2D eigenvalue weighted by Gasteiger charge is -2.38. The summed E-state index contributed by atoms with van der Waals surface area (Å²) in [5.74, 6) is 1.53. The summed E-state index contributed by atoms with van der Waals surface area (Å²) in [6.07, 6.45) is 21.2. The van der Waals surface area contributed by atoms with Crippen LogP contribution in [0.3, 0.4) is 0 Å². The Morgan fingerprint density at radius 1 is 0.875 bits per heavy atom. The Bertz CT molecular complexity index is 592. The van der Waals surface area contributed by atoms with Crippen LogP contribution >= 0.6 is 0 Å². The van der Waals surface area contributed by atoms with Crippen LogP contribution in [-0.4, -0.2) is 26.9 Å². The summed E-state index contributed by atoms with van der Waals surface area (Å²) in [7, 11) is 3.35. The van der Waals surface area contributed by atoms with Gasteiger partial charge in [-0.05, 0) is 56.8 Å². The Hall–Kier alpha value is -0.863. The molecule has 0 spiro atoms. The van der Waals surface area contributed by atoms with E-state index in [0.717, 1.165) is 11.5 Å². The third kappa shape index (κ3) is 10.8. The summed E-state index contributed by atoms with van der Waals surface area (Å²) in [5, 5.41) is 0. The summed E-state index contributed by atoms with van der Waals surface area (Å²) in [4.78, 5) is 0. The molecule has 0 fully saturated rings. The maximum Gasteiger partial charge on any atom is 0.124 e. The van der Waals surface area contributed by atoms with Crippen molar-refractivity contribution in [2.75, 3.05) is 14.1 Å². The van der Waals surface area contributed by atoms with Gasteiger partial charge in [-0.3, -0.25) is 0 Å². The van der Waals surface area contributed by atoms with Crippen LogP contribution in [0.25, 0.3) is 0 Å². The molecule has 0 radical (unpaired) electrons. The fourth-order valence-electron chi connectivity index (χ4n) is 5.14. The van der Waals surface area contributed by atoms with Gasteiger partial charge in [-0.2, -0.15) is 0 Å². The molecule has 0 saturated heterocycles. The third-order valence-electron chi connectivity index (χ3n) is 8.10. The first-order chi connectivity index (χ1) is 15.4. The number of rotatable bonds is 18. The van der Waals surface area contributed by atoms with Crippen LogP contribution in [0.5, 0.6) is 0 Å². The van der Waals surface area contributed by atoms with E-state index in [4.69, 9.17) is 0 Å². The summed E-state index contributed by atoms with van der Waals surface area (Å²) >= 11 is 0. The van der Waals surface area contributed by atoms with E-state index < -0.39 is 8.24 Å². The predicted octanol–water partition coefficient (Wildman–Crippen LogP) is 9.82. The Morgan fingerprint density at radius 3 is 2.06 bits per heavy atom. The van der Waals surface area contributed by atoms with Crippen molar-refractivity contribution >= 4 is 8.24 Å². The molecule has 0 aliphatic heterocycles. The molecule has 184 valence electrons. The van der Waals surface area contributed by atoms with Gasteiger partial charge in [0.2, 0.25) is 0 Å². The Morgan fingerprint density at radius 2 is 1.50 bits per heavy atom. The second kappa shape index (κ2) is 16.7. The van der Waals surface area contributed by atoms with Crippen LogP contribution in [0.4, 0.5) is 0 Å². The second-order valence-electron chi connectivity index (χ2n) is 10.8. The van der Waals surface area contributed by atoms with Gasteiger partial charge >= 0.3 is 0 Å². The molecular weight excluding hydrogens is 402 g/mol. The molecule has 3 atom stereocenters. The third-order valence-corrected chi connectivity index (χ3v) is 13.0. The Labute approximate surface area is 203 Å². The first-order valence-electron chi connectivity index (χ1n) is 13.7. The molecule has 1 nitrogen and oxygen atoms in total. The number of allylic oxidation sites excluding steroid dienone is 2. The Kier molecular flexibility index (Phi) is 15.2. The van der Waals surface area contributed by atoms with E-state index in [1.807, 2.05) is 0 Å². The van der Waals surface area contributed by atoms with Gasteiger partial charge in [-0.25, -0.2) is 0 Å². The molecule has 0 N–H and O–H groups in total. The van der Waals surface area contributed by atoms with Crippen molar-refractivity contribution in [2.24, 2.45) is 5.92 Å². The first kappa shape index (κ1) is 29.2. The van der Waals surface area contributed by atoms with Crippen molar-refractivity contribution in [3.05, 3.63) is 48.0 Å². The van der Waals surface area contributed by atoms with Crippen LogP contribution < -0.4 is 0 Å². The fourth-order valence-corrected chi connectivity index (χ4v) is 7.69. The zero-order valence-electron chi connectivity index (χ0n) is 22.7. The molecule has 0 aromatic heterocycles. The largest absolute Gasteiger partial charge is 0.329 e. The van der Waals surface area contributed by atoms with Gasteiger partial charge in [0.1, 0.15) is 8.24 Å². The van der Waals surface area contributed by atoms with E-state index in [1.54, 1.807) is 0 Å². The summed E-state index contributed by atoms with van der Waals surface area (Å²) in [6, 6.07) is 11.2. The quantitative estimate of drug-likeness (QED) is 0.120. The lowest BCUT2D eigenvalue weighted by molar-refractivity contribution is 0.378. The summed E-state index contributed by atoms with van der Waals surface area (Å²) in [6.45, 7) is 12.1. The van der Waals surface area contributed by atoms with Crippen molar-refractivity contribution in [1.29, 1.82) is 0 Å². The van der Waals surface area contributed by atoms with E-state index in [2.05, 4.69) is 95.0 Å². The predicted molar refractivity (Wildman–Crippen MR) is 149 cm³/mol. The van der Waals surface area contributed by atoms with Gasteiger partial charge in [-0.15, -0.1) is 0 Å². The van der Waals surface area contributed by atoms with Crippen molar-refractivity contribution in [2.45, 2.75) is 122 Å². The molecule has 1 rings (SSSR count). The van der Waals surface area contributed by atoms with Gasteiger partial charge in [0.25, 0.3) is 0 Å². The first-order valence-corrected chi connectivity index (χ1v) is 16.7. The molecule has 1 aromatic carbocycles. The lowest BCUT2D eigenvalue weighted by atomic mass is 9.83. The van der Waals surface area contributed by atoms with E-state index in [0.29, 0.717) is 5.92 Å². The monoisotopic (exact) mass is 457 g/mol. The summed E-state index contributed by atoms with van der Waals surface area (Å²) < 4.78 is 2.59. The van der Waals surface area contributed by atoms with Crippen LogP contribution in [0.2, 0.25) is 18.6 Å². The number of unbranched alkanes of at least 4 members (excludes halogenated alkanes) is 4. The molecule has 0 aliphatic rings. The molecular formula is C30H55NSi. The van der Waals surface area contributed by atoms with Crippen LogP contribution in [-0.2, 0) is 0 Å².